The fourth-order valence-corrected chi connectivity index (χ4v) is 1.47. The van der Waals surface area contributed by atoms with E-state index in [1.807, 2.05) is 12.1 Å². The Balaban J connectivity index is 1.99. The maximum absolute atomic E-state index is 8.37. The molecule has 0 aliphatic carbocycles. The molecule has 2 aromatic rings. The molecule has 1 aromatic heterocycles. The molecule has 0 spiro atoms. The molecule has 4 nitrogen and oxygen atoms in total. The number of fused-ring (bicyclic) bond motifs is 1. The highest BCUT2D eigenvalue weighted by Gasteiger charge is 1.97. The lowest BCUT2D eigenvalue weighted by molar-refractivity contribution is 0.699. The number of hydrogen-bond acceptors (Lipinski definition) is 3. The van der Waals surface area contributed by atoms with Crippen LogP contribution in [-0.2, 0) is 6.54 Å². The van der Waals surface area contributed by atoms with Crippen LogP contribution in [-0.4, -0.2) is 16.5 Å². The van der Waals surface area contributed by atoms with Gasteiger partial charge < -0.3 is 10.3 Å². The molecule has 1 heterocycles. The van der Waals surface area contributed by atoms with Crippen molar-refractivity contribution >= 4 is 11.0 Å². The molecule has 76 valence electrons. The highest BCUT2D eigenvalue weighted by Crippen LogP contribution is 2.11. The number of hydrogen-bond donors (Lipinski definition) is 2. The van der Waals surface area contributed by atoms with Crippen LogP contribution in [0.3, 0.4) is 0 Å². The number of nitriles is 1. The van der Waals surface area contributed by atoms with Crippen molar-refractivity contribution in [2.45, 2.75) is 13.0 Å². The summed E-state index contributed by atoms with van der Waals surface area (Å²) in [6, 6.07) is 8.21. The van der Waals surface area contributed by atoms with Crippen LogP contribution in [0.1, 0.15) is 12.0 Å². The first-order chi connectivity index (χ1) is 7.40. The van der Waals surface area contributed by atoms with Gasteiger partial charge in [-0.15, -0.1) is 0 Å². The maximum atomic E-state index is 8.37. The molecule has 2 N–H and O–H groups in total. The second-order valence-corrected chi connectivity index (χ2v) is 3.34. The van der Waals surface area contributed by atoms with Gasteiger partial charge in [0.2, 0.25) is 0 Å². The van der Waals surface area contributed by atoms with E-state index in [9.17, 15) is 0 Å². The summed E-state index contributed by atoms with van der Waals surface area (Å²) in [5, 5.41) is 11.6. The van der Waals surface area contributed by atoms with Gasteiger partial charge in [0.1, 0.15) is 0 Å². The Morgan fingerprint density at radius 2 is 2.40 bits per heavy atom. The molecule has 0 saturated carbocycles. The number of nitrogens with one attached hydrogen (secondary N) is 2. The first-order valence-electron chi connectivity index (χ1n) is 4.90. The lowest BCUT2D eigenvalue weighted by Crippen LogP contribution is -2.13. The van der Waals surface area contributed by atoms with E-state index in [2.05, 4.69) is 27.4 Å². The Morgan fingerprint density at radius 1 is 1.47 bits per heavy atom. The van der Waals surface area contributed by atoms with Crippen LogP contribution in [0.5, 0.6) is 0 Å². The minimum atomic E-state index is 0.548. The zero-order valence-electron chi connectivity index (χ0n) is 8.33. The SMILES string of the molecule is N#CCCNCc1ccc2nc[nH]c2c1. The molecule has 4 heteroatoms. The summed E-state index contributed by atoms with van der Waals surface area (Å²) in [6.45, 7) is 1.52. The predicted octanol–water partition coefficient (Wildman–Crippen LogP) is 1.57. The fraction of sp³-hybridized carbons (Fsp3) is 0.273. The molecule has 0 atom stereocenters. The molecule has 2 rings (SSSR count). The van der Waals surface area contributed by atoms with Crippen LogP contribution in [0.25, 0.3) is 11.0 Å². The van der Waals surface area contributed by atoms with E-state index in [-0.39, 0.29) is 0 Å². The third kappa shape index (κ3) is 2.33. The largest absolute Gasteiger partial charge is 0.345 e. The van der Waals surface area contributed by atoms with Crippen molar-refractivity contribution in [2.75, 3.05) is 6.54 Å². The van der Waals surface area contributed by atoms with Gasteiger partial charge in [-0.2, -0.15) is 5.26 Å². The van der Waals surface area contributed by atoms with Gasteiger partial charge in [-0.1, -0.05) is 6.07 Å². The molecule has 0 fully saturated rings. The third-order valence-electron chi connectivity index (χ3n) is 2.23. The molecule has 0 radical (unpaired) electrons. The van der Waals surface area contributed by atoms with Crippen LogP contribution >= 0.6 is 0 Å². The van der Waals surface area contributed by atoms with E-state index in [0.717, 1.165) is 24.1 Å². The van der Waals surface area contributed by atoms with E-state index in [0.29, 0.717) is 6.42 Å². The second kappa shape index (κ2) is 4.58. The lowest BCUT2D eigenvalue weighted by atomic mass is 10.2. The molecule has 15 heavy (non-hydrogen) atoms. The third-order valence-corrected chi connectivity index (χ3v) is 2.23. The Morgan fingerprint density at radius 3 is 3.27 bits per heavy atom. The zero-order chi connectivity index (χ0) is 10.5. The standard InChI is InChI=1S/C11H12N4/c12-4-1-5-13-7-9-2-3-10-11(6-9)15-8-14-10/h2-3,6,8,13H,1,5,7H2,(H,14,15). The van der Waals surface area contributed by atoms with Gasteiger partial charge in [-0.25, -0.2) is 4.98 Å². The van der Waals surface area contributed by atoms with Crippen LogP contribution in [0.15, 0.2) is 24.5 Å². The lowest BCUT2D eigenvalue weighted by Gasteiger charge is -2.02. The highest BCUT2D eigenvalue weighted by atomic mass is 14.9. The Hall–Kier alpha value is -1.86. The summed E-state index contributed by atoms with van der Waals surface area (Å²) in [7, 11) is 0. The summed E-state index contributed by atoms with van der Waals surface area (Å²) in [5.74, 6) is 0. The van der Waals surface area contributed by atoms with E-state index in [1.54, 1.807) is 6.33 Å². The van der Waals surface area contributed by atoms with Crippen molar-refractivity contribution < 1.29 is 0 Å². The summed E-state index contributed by atoms with van der Waals surface area (Å²) in [4.78, 5) is 7.22. The average molecular weight is 200 g/mol. The number of H-pyrrole nitrogens is 1. The Labute approximate surface area is 87.9 Å². The molecule has 0 saturated heterocycles. The zero-order valence-corrected chi connectivity index (χ0v) is 8.33. The van der Waals surface area contributed by atoms with Gasteiger partial charge in [-0.3, -0.25) is 0 Å². The molecule has 0 aliphatic rings. The van der Waals surface area contributed by atoms with Gasteiger partial charge in [0.25, 0.3) is 0 Å². The van der Waals surface area contributed by atoms with Crippen molar-refractivity contribution in [3.05, 3.63) is 30.1 Å². The van der Waals surface area contributed by atoms with Crippen molar-refractivity contribution in [3.63, 3.8) is 0 Å². The van der Waals surface area contributed by atoms with Crippen LogP contribution in [0.4, 0.5) is 0 Å². The molecule has 1 aromatic carbocycles. The first kappa shape index (κ1) is 9.69. The summed E-state index contributed by atoms with van der Waals surface area (Å²) in [5.41, 5.74) is 3.23. The Kier molecular flexibility index (Phi) is 2.96. The average Bonchev–Trinajstić information content (AvgIpc) is 2.71. The summed E-state index contributed by atoms with van der Waals surface area (Å²) in [6.07, 6.45) is 2.24. The number of aromatic amines is 1. The van der Waals surface area contributed by atoms with E-state index >= 15 is 0 Å². The number of imidazole rings is 1. The molecule has 0 amide bonds. The van der Waals surface area contributed by atoms with Gasteiger partial charge in [0.05, 0.1) is 23.4 Å². The summed E-state index contributed by atoms with van der Waals surface area (Å²) < 4.78 is 0. The van der Waals surface area contributed by atoms with Crippen LogP contribution in [0, 0.1) is 11.3 Å². The predicted molar refractivity (Wildman–Crippen MR) is 58.0 cm³/mol. The van der Waals surface area contributed by atoms with Crippen LogP contribution in [0.2, 0.25) is 0 Å². The van der Waals surface area contributed by atoms with Gasteiger partial charge in [0, 0.05) is 19.5 Å². The topological polar surface area (TPSA) is 64.5 Å². The van der Waals surface area contributed by atoms with E-state index < -0.39 is 0 Å². The van der Waals surface area contributed by atoms with Crippen molar-refractivity contribution in [1.82, 2.24) is 15.3 Å². The molecular formula is C11H12N4. The van der Waals surface area contributed by atoms with Crippen molar-refractivity contribution in [3.8, 4) is 6.07 Å². The molecule has 0 aliphatic heterocycles. The second-order valence-electron chi connectivity index (χ2n) is 3.34. The van der Waals surface area contributed by atoms with E-state index in [4.69, 9.17) is 5.26 Å². The summed E-state index contributed by atoms with van der Waals surface area (Å²) >= 11 is 0. The first-order valence-corrected chi connectivity index (χ1v) is 4.90. The number of rotatable bonds is 4. The number of benzene rings is 1. The minimum Gasteiger partial charge on any atom is -0.345 e. The van der Waals surface area contributed by atoms with Crippen LogP contribution < -0.4 is 5.32 Å². The normalized spacial score (nSPS) is 10.3. The molecular weight excluding hydrogens is 188 g/mol. The monoisotopic (exact) mass is 200 g/mol. The smallest absolute Gasteiger partial charge is 0.0931 e. The molecule has 0 bridgehead atoms. The number of nitrogens with zero attached hydrogens (tertiary/aromatic N) is 2. The highest BCUT2D eigenvalue weighted by molar-refractivity contribution is 5.74. The van der Waals surface area contributed by atoms with Crippen molar-refractivity contribution in [2.24, 2.45) is 0 Å². The van der Waals surface area contributed by atoms with Gasteiger partial charge in [-0.05, 0) is 17.7 Å². The molecule has 0 unspecified atom stereocenters. The Bertz CT molecular complexity index is 481. The van der Waals surface area contributed by atoms with Crippen molar-refractivity contribution in [1.29, 1.82) is 5.26 Å². The number of aromatic nitrogens is 2. The fourth-order valence-electron chi connectivity index (χ4n) is 1.47. The van der Waals surface area contributed by atoms with Gasteiger partial charge >= 0.3 is 0 Å². The van der Waals surface area contributed by atoms with Gasteiger partial charge in [0.15, 0.2) is 0 Å². The minimum absolute atomic E-state index is 0.548. The maximum Gasteiger partial charge on any atom is 0.0931 e. The quantitative estimate of drug-likeness (QED) is 0.736. The van der Waals surface area contributed by atoms with E-state index in [1.165, 1.54) is 5.56 Å².